The molecule has 1 aliphatic heterocycles. The second-order valence-electron chi connectivity index (χ2n) is 5.52. The number of piperidine rings is 1. The molecule has 1 amide bonds. The summed E-state index contributed by atoms with van der Waals surface area (Å²) in [5.41, 5.74) is -0.110. The summed E-state index contributed by atoms with van der Waals surface area (Å²) in [5, 5.41) is 6.24. The Morgan fingerprint density at radius 2 is 1.95 bits per heavy atom. The highest BCUT2D eigenvalue weighted by Gasteiger charge is 2.30. The van der Waals surface area contributed by atoms with Gasteiger partial charge in [0.05, 0.1) is 12.0 Å². The van der Waals surface area contributed by atoms with Crippen LogP contribution in [0.1, 0.15) is 30.9 Å². The Hall–Kier alpha value is -1.27. The van der Waals surface area contributed by atoms with Gasteiger partial charge in [-0.3, -0.25) is 4.79 Å². The molecule has 0 spiro atoms. The van der Waals surface area contributed by atoms with E-state index < -0.39 is 11.7 Å². The van der Waals surface area contributed by atoms with Crippen LogP contribution in [-0.4, -0.2) is 24.5 Å². The first-order valence-electron chi connectivity index (χ1n) is 7.03. The molecule has 0 saturated carbocycles. The van der Waals surface area contributed by atoms with Gasteiger partial charge >= 0.3 is 6.18 Å². The Kier molecular flexibility index (Phi) is 6.68. The Balaban J connectivity index is 0.00000242. The van der Waals surface area contributed by atoms with Crippen molar-refractivity contribution in [3.05, 3.63) is 35.4 Å². The quantitative estimate of drug-likeness (QED) is 0.891. The summed E-state index contributed by atoms with van der Waals surface area (Å²) < 4.78 is 37.3. The molecule has 0 aliphatic carbocycles. The fourth-order valence-electron chi connectivity index (χ4n) is 2.54. The smallest absolute Gasteiger partial charge is 0.353 e. The van der Waals surface area contributed by atoms with Gasteiger partial charge in [0.15, 0.2) is 0 Å². The van der Waals surface area contributed by atoms with Crippen LogP contribution in [0, 0.1) is 0 Å². The monoisotopic (exact) mass is 336 g/mol. The molecular formula is C15H20ClF3N2O. The summed E-state index contributed by atoms with van der Waals surface area (Å²) in [4.78, 5) is 11.9. The van der Waals surface area contributed by atoms with E-state index in [4.69, 9.17) is 0 Å². The number of carbonyl (C=O) groups excluding carboxylic acids is 1. The highest BCUT2D eigenvalue weighted by Crippen LogP contribution is 2.29. The van der Waals surface area contributed by atoms with Crippen molar-refractivity contribution in [3.63, 3.8) is 0 Å². The molecule has 1 aromatic carbocycles. The van der Waals surface area contributed by atoms with E-state index in [9.17, 15) is 18.0 Å². The molecule has 0 radical (unpaired) electrons. The first-order valence-corrected chi connectivity index (χ1v) is 7.03. The maximum absolute atomic E-state index is 12.4. The van der Waals surface area contributed by atoms with Gasteiger partial charge < -0.3 is 10.6 Å². The molecule has 1 fully saturated rings. The van der Waals surface area contributed by atoms with E-state index in [1.807, 2.05) is 0 Å². The van der Waals surface area contributed by atoms with Crippen molar-refractivity contribution in [3.8, 4) is 0 Å². The number of carbonyl (C=O) groups is 1. The number of hydrogen-bond donors (Lipinski definition) is 2. The van der Waals surface area contributed by atoms with Gasteiger partial charge in [0.2, 0.25) is 5.91 Å². The second-order valence-corrected chi connectivity index (χ2v) is 5.52. The van der Waals surface area contributed by atoms with Gasteiger partial charge in [-0.05, 0) is 44.0 Å². The number of alkyl halides is 3. The van der Waals surface area contributed by atoms with Crippen LogP contribution in [-0.2, 0) is 17.4 Å². The topological polar surface area (TPSA) is 41.1 Å². The molecule has 7 heteroatoms. The van der Waals surface area contributed by atoms with Crippen LogP contribution in [0.5, 0.6) is 0 Å². The summed E-state index contributed by atoms with van der Waals surface area (Å²) in [6, 6.07) is 5.24. The van der Waals surface area contributed by atoms with Gasteiger partial charge in [0, 0.05) is 12.1 Å². The lowest BCUT2D eigenvalue weighted by Crippen LogP contribution is -2.46. The predicted octanol–water partition coefficient (Wildman–Crippen LogP) is 2.93. The molecule has 1 aliphatic rings. The van der Waals surface area contributed by atoms with Crippen molar-refractivity contribution in [2.45, 2.75) is 44.4 Å². The number of benzene rings is 1. The number of halogens is 4. The fraction of sp³-hybridized carbons (Fsp3) is 0.533. The van der Waals surface area contributed by atoms with Gasteiger partial charge in [-0.25, -0.2) is 0 Å². The summed E-state index contributed by atoms with van der Waals surface area (Å²) in [5.74, 6) is -0.145. The fourth-order valence-corrected chi connectivity index (χ4v) is 2.54. The molecule has 124 valence electrons. The van der Waals surface area contributed by atoms with Crippen molar-refractivity contribution in [2.75, 3.05) is 6.54 Å². The third-order valence-corrected chi connectivity index (χ3v) is 3.63. The highest BCUT2D eigenvalue weighted by molar-refractivity contribution is 5.85. The maximum Gasteiger partial charge on any atom is 0.416 e. The average molecular weight is 337 g/mol. The van der Waals surface area contributed by atoms with Gasteiger partial charge in [0.1, 0.15) is 0 Å². The van der Waals surface area contributed by atoms with E-state index in [2.05, 4.69) is 17.6 Å². The van der Waals surface area contributed by atoms with Crippen LogP contribution >= 0.6 is 12.4 Å². The molecule has 0 bridgehead atoms. The Bertz CT molecular complexity index is 491. The largest absolute Gasteiger partial charge is 0.416 e. The summed E-state index contributed by atoms with van der Waals surface area (Å²) in [6.45, 7) is 2.93. The highest BCUT2D eigenvalue weighted by atomic mass is 35.5. The molecule has 2 rings (SSSR count). The molecule has 2 atom stereocenters. The molecule has 3 nitrogen and oxygen atoms in total. The summed E-state index contributed by atoms with van der Waals surface area (Å²) >= 11 is 0. The molecule has 2 unspecified atom stereocenters. The third-order valence-electron chi connectivity index (χ3n) is 3.63. The molecule has 2 N–H and O–H groups in total. The molecule has 1 aromatic rings. The van der Waals surface area contributed by atoms with Crippen molar-refractivity contribution in [1.29, 1.82) is 0 Å². The number of rotatable bonds is 3. The SMILES string of the molecule is CC1CC(NC(=O)Cc2ccc(C(F)(F)F)cc2)CCN1.Cl. The second kappa shape index (κ2) is 7.83. The third kappa shape index (κ3) is 5.50. The maximum atomic E-state index is 12.4. The molecule has 1 saturated heterocycles. The van der Waals surface area contributed by atoms with E-state index in [-0.39, 0.29) is 30.8 Å². The van der Waals surface area contributed by atoms with Gasteiger partial charge in [-0.1, -0.05) is 12.1 Å². The van der Waals surface area contributed by atoms with Gasteiger partial charge in [0.25, 0.3) is 0 Å². The summed E-state index contributed by atoms with van der Waals surface area (Å²) in [7, 11) is 0. The minimum atomic E-state index is -4.34. The van der Waals surface area contributed by atoms with Crippen LogP contribution in [0.15, 0.2) is 24.3 Å². The molecular weight excluding hydrogens is 317 g/mol. The lowest BCUT2D eigenvalue weighted by molar-refractivity contribution is -0.137. The van der Waals surface area contributed by atoms with Crippen LogP contribution in [0.25, 0.3) is 0 Å². The Labute approximate surface area is 134 Å². The van der Waals surface area contributed by atoms with E-state index >= 15 is 0 Å². The number of amides is 1. The number of hydrogen-bond acceptors (Lipinski definition) is 2. The standard InChI is InChI=1S/C15H19F3N2O.ClH/c1-10-8-13(6-7-19-10)20-14(21)9-11-2-4-12(5-3-11)15(16,17)18;/h2-5,10,13,19H,6-9H2,1H3,(H,20,21);1H. The number of nitrogens with one attached hydrogen (secondary N) is 2. The molecule has 1 heterocycles. The Morgan fingerprint density at radius 1 is 1.32 bits per heavy atom. The van der Waals surface area contributed by atoms with E-state index in [1.165, 1.54) is 12.1 Å². The zero-order valence-corrected chi connectivity index (χ0v) is 13.1. The zero-order valence-electron chi connectivity index (χ0n) is 12.2. The Morgan fingerprint density at radius 3 is 2.50 bits per heavy atom. The van der Waals surface area contributed by atoms with Crippen molar-refractivity contribution in [1.82, 2.24) is 10.6 Å². The minimum absolute atomic E-state index is 0. The van der Waals surface area contributed by atoms with Crippen molar-refractivity contribution >= 4 is 18.3 Å². The van der Waals surface area contributed by atoms with Crippen molar-refractivity contribution < 1.29 is 18.0 Å². The van der Waals surface area contributed by atoms with Crippen molar-refractivity contribution in [2.24, 2.45) is 0 Å². The van der Waals surface area contributed by atoms with Crippen LogP contribution in [0.4, 0.5) is 13.2 Å². The minimum Gasteiger partial charge on any atom is -0.353 e. The van der Waals surface area contributed by atoms with Gasteiger partial charge in [-0.15, -0.1) is 12.4 Å². The molecule has 22 heavy (non-hydrogen) atoms. The normalized spacial score (nSPS) is 21.8. The molecule has 0 aromatic heterocycles. The van der Waals surface area contributed by atoms with E-state index in [0.717, 1.165) is 31.5 Å². The van der Waals surface area contributed by atoms with Gasteiger partial charge in [-0.2, -0.15) is 13.2 Å². The zero-order chi connectivity index (χ0) is 15.5. The van der Waals surface area contributed by atoms with Crippen LogP contribution in [0.2, 0.25) is 0 Å². The first-order chi connectivity index (χ1) is 9.84. The van der Waals surface area contributed by atoms with Crippen LogP contribution in [0.3, 0.4) is 0 Å². The lowest BCUT2D eigenvalue weighted by Gasteiger charge is -2.28. The van der Waals surface area contributed by atoms with E-state index in [0.29, 0.717) is 11.6 Å². The van der Waals surface area contributed by atoms with E-state index in [1.54, 1.807) is 0 Å². The van der Waals surface area contributed by atoms with Crippen LogP contribution < -0.4 is 10.6 Å². The first kappa shape index (κ1) is 18.8. The lowest BCUT2D eigenvalue weighted by atomic mass is 10.00. The predicted molar refractivity (Wildman–Crippen MR) is 81.0 cm³/mol. The summed E-state index contributed by atoms with van der Waals surface area (Å²) in [6.07, 6.45) is -2.48. The average Bonchev–Trinajstić information content (AvgIpc) is 2.38.